The summed E-state index contributed by atoms with van der Waals surface area (Å²) in [6.07, 6.45) is 7.71. The summed E-state index contributed by atoms with van der Waals surface area (Å²) in [5, 5.41) is 18.0. The Morgan fingerprint density at radius 3 is 1.00 bits per heavy atom. The molecule has 6 N–H and O–H groups in total. The second kappa shape index (κ2) is 13.0. The normalized spacial score (nSPS) is 9.29. The number of hydrogen-bond donors (Lipinski definition) is 2. The van der Waals surface area contributed by atoms with Crippen LogP contribution in [0, 0.1) is 0 Å². The third kappa shape index (κ3) is 6.60. The molecule has 10 heteroatoms. The molecule has 0 amide bonds. The zero-order valence-corrected chi connectivity index (χ0v) is 19.1. The van der Waals surface area contributed by atoms with Gasteiger partial charge in [-0.05, 0) is 35.4 Å². The second-order valence-corrected chi connectivity index (χ2v) is 6.69. The largest absolute Gasteiger partial charge is 1.00 e. The Balaban J connectivity index is 0.00000272. The molecular formula is C24H22Cl2N2O6. The van der Waals surface area contributed by atoms with Crippen LogP contribution in [0.25, 0.3) is 22.5 Å². The summed E-state index contributed by atoms with van der Waals surface area (Å²) in [6, 6.07) is 21.4. The molecule has 8 nitrogen and oxygen atoms in total. The van der Waals surface area contributed by atoms with Gasteiger partial charge in [-0.1, -0.05) is 0 Å². The Kier molecular flexibility index (Phi) is 11.6. The maximum Gasteiger partial charge on any atom is 0.335 e. The van der Waals surface area contributed by atoms with Gasteiger partial charge in [0, 0.05) is 48.5 Å². The summed E-state index contributed by atoms with van der Waals surface area (Å²) < 4.78 is 3.84. The van der Waals surface area contributed by atoms with Gasteiger partial charge in [0.15, 0.2) is 24.8 Å². The van der Waals surface area contributed by atoms with Gasteiger partial charge >= 0.3 is 11.9 Å². The lowest BCUT2D eigenvalue weighted by atomic mass is 10.1. The van der Waals surface area contributed by atoms with Gasteiger partial charge in [-0.15, -0.1) is 0 Å². The maximum absolute atomic E-state index is 11.0. The van der Waals surface area contributed by atoms with E-state index in [1.165, 1.54) is 0 Å². The zero-order valence-electron chi connectivity index (χ0n) is 17.6. The van der Waals surface area contributed by atoms with Crippen molar-refractivity contribution in [3.8, 4) is 22.5 Å². The molecule has 4 aromatic rings. The van der Waals surface area contributed by atoms with E-state index in [4.69, 9.17) is 10.2 Å². The zero-order chi connectivity index (χ0) is 21.1. The molecule has 0 saturated carbocycles. The predicted molar refractivity (Wildman–Crippen MR) is 116 cm³/mol. The van der Waals surface area contributed by atoms with Gasteiger partial charge in [0.05, 0.1) is 11.1 Å². The third-order valence-electron chi connectivity index (χ3n) is 4.82. The van der Waals surface area contributed by atoms with E-state index in [1.54, 1.807) is 48.5 Å². The topological polar surface area (TPSA) is 145 Å². The number of carbonyl (C=O) groups is 2. The van der Waals surface area contributed by atoms with Crippen molar-refractivity contribution in [1.82, 2.24) is 0 Å². The number of aromatic carboxylic acids is 2. The SMILES string of the molecule is O.O.O=C(O)c1ccc(-[n+]2ccc(-c3cc[n+](-c4ccc(C(=O)O)cc4)cc3)cc2)cc1.[Cl-].[Cl-]. The first-order valence-electron chi connectivity index (χ1n) is 9.22. The molecule has 4 rings (SSSR count). The molecule has 0 unspecified atom stereocenters. The number of rotatable bonds is 5. The van der Waals surface area contributed by atoms with Crippen LogP contribution in [-0.2, 0) is 0 Å². The molecular weight excluding hydrogens is 483 g/mol. The van der Waals surface area contributed by atoms with Gasteiger partial charge in [-0.25, -0.2) is 9.59 Å². The molecule has 0 radical (unpaired) electrons. The Labute approximate surface area is 207 Å². The maximum atomic E-state index is 11.0. The molecule has 0 aliphatic rings. The van der Waals surface area contributed by atoms with E-state index in [0.717, 1.165) is 22.5 Å². The number of pyridine rings is 2. The summed E-state index contributed by atoms with van der Waals surface area (Å²) in [5.41, 5.74) is 4.35. The highest BCUT2D eigenvalue weighted by molar-refractivity contribution is 5.88. The molecule has 34 heavy (non-hydrogen) atoms. The third-order valence-corrected chi connectivity index (χ3v) is 4.82. The summed E-state index contributed by atoms with van der Waals surface area (Å²) in [5.74, 6) is -1.89. The van der Waals surface area contributed by atoms with Crippen LogP contribution in [0.3, 0.4) is 0 Å². The van der Waals surface area contributed by atoms with E-state index in [-0.39, 0.29) is 46.9 Å². The molecule has 0 aliphatic carbocycles. The first-order valence-corrected chi connectivity index (χ1v) is 9.22. The lowest BCUT2D eigenvalue weighted by molar-refractivity contribution is -0.596. The average molecular weight is 505 g/mol. The molecule has 0 fully saturated rings. The van der Waals surface area contributed by atoms with Crippen molar-refractivity contribution in [3.63, 3.8) is 0 Å². The van der Waals surface area contributed by atoms with Crippen LogP contribution >= 0.6 is 0 Å². The lowest BCUT2D eigenvalue weighted by Crippen LogP contribution is -3.00. The number of carboxylic acid groups (broad SMARTS) is 2. The number of hydrogen-bond acceptors (Lipinski definition) is 2. The Hall–Kier alpha value is -3.82. The summed E-state index contributed by atoms with van der Waals surface area (Å²) in [6.45, 7) is 0. The van der Waals surface area contributed by atoms with Gasteiger partial charge < -0.3 is 46.0 Å². The van der Waals surface area contributed by atoms with Crippen LogP contribution in [0.1, 0.15) is 20.7 Å². The molecule has 0 spiro atoms. The van der Waals surface area contributed by atoms with Crippen LogP contribution < -0.4 is 33.9 Å². The minimum absolute atomic E-state index is 0. The molecule has 2 aromatic carbocycles. The predicted octanol–water partition coefficient (Wildman–Crippen LogP) is -4.34. The summed E-state index contributed by atoms with van der Waals surface area (Å²) in [7, 11) is 0. The summed E-state index contributed by atoms with van der Waals surface area (Å²) in [4.78, 5) is 21.9. The van der Waals surface area contributed by atoms with Crippen LogP contribution in [0.15, 0.2) is 97.6 Å². The van der Waals surface area contributed by atoms with Crippen molar-refractivity contribution in [2.75, 3.05) is 0 Å². The number of benzene rings is 2. The monoisotopic (exact) mass is 504 g/mol. The fourth-order valence-corrected chi connectivity index (χ4v) is 3.13. The number of nitrogens with zero attached hydrogens (tertiary/aromatic N) is 2. The van der Waals surface area contributed by atoms with Gasteiger partial charge in [-0.3, -0.25) is 0 Å². The van der Waals surface area contributed by atoms with Crippen LogP contribution in [0.2, 0.25) is 0 Å². The van der Waals surface area contributed by atoms with Crippen molar-refractivity contribution in [3.05, 3.63) is 109 Å². The van der Waals surface area contributed by atoms with Crippen LogP contribution in [0.5, 0.6) is 0 Å². The molecule has 0 saturated heterocycles. The Bertz CT molecular complexity index is 1120. The van der Waals surface area contributed by atoms with E-state index in [0.29, 0.717) is 0 Å². The van der Waals surface area contributed by atoms with E-state index >= 15 is 0 Å². The van der Waals surface area contributed by atoms with E-state index < -0.39 is 11.9 Å². The average Bonchev–Trinajstić information content (AvgIpc) is 2.79. The fraction of sp³-hybridized carbons (Fsp3) is 0. The van der Waals surface area contributed by atoms with Gasteiger partial charge in [0.25, 0.3) is 0 Å². The molecule has 0 aliphatic heterocycles. The van der Waals surface area contributed by atoms with E-state index in [2.05, 4.69) is 0 Å². The van der Waals surface area contributed by atoms with Crippen molar-refractivity contribution in [2.24, 2.45) is 0 Å². The fourth-order valence-electron chi connectivity index (χ4n) is 3.13. The minimum atomic E-state index is -0.943. The highest BCUT2D eigenvalue weighted by Crippen LogP contribution is 2.17. The van der Waals surface area contributed by atoms with Gasteiger partial charge in [0.1, 0.15) is 0 Å². The van der Waals surface area contributed by atoms with Crippen molar-refractivity contribution >= 4 is 11.9 Å². The number of halogens is 2. The van der Waals surface area contributed by atoms with Crippen LogP contribution in [-0.4, -0.2) is 33.1 Å². The van der Waals surface area contributed by atoms with E-state index in [1.807, 2.05) is 58.2 Å². The van der Waals surface area contributed by atoms with Crippen molar-refractivity contribution < 1.29 is 64.7 Å². The Morgan fingerprint density at radius 2 is 0.765 bits per heavy atom. The van der Waals surface area contributed by atoms with Crippen molar-refractivity contribution in [2.45, 2.75) is 0 Å². The molecule has 178 valence electrons. The molecule has 2 aromatic heterocycles. The highest BCUT2D eigenvalue weighted by atomic mass is 35.5. The minimum Gasteiger partial charge on any atom is -1.00 e. The first kappa shape index (κ1) is 30.2. The standard InChI is InChI=1S/C24H16N2O4.2ClH.2H2O/c27-23(28)19-1-5-21(6-2-19)25-13-9-17(10-14-25)18-11-15-26(16-12-18)22-7-3-20(4-8-22)24(29)30;;;;/h1-16H;2*1H;2*1H2. The quantitative estimate of drug-likeness (QED) is 0.264. The molecule has 2 heterocycles. The van der Waals surface area contributed by atoms with Crippen molar-refractivity contribution in [1.29, 1.82) is 0 Å². The highest BCUT2D eigenvalue weighted by Gasteiger charge is 2.11. The van der Waals surface area contributed by atoms with E-state index in [9.17, 15) is 9.59 Å². The smallest absolute Gasteiger partial charge is 0.335 e. The second-order valence-electron chi connectivity index (χ2n) is 6.69. The van der Waals surface area contributed by atoms with Gasteiger partial charge in [0.2, 0.25) is 11.4 Å². The van der Waals surface area contributed by atoms with Crippen LogP contribution in [0.4, 0.5) is 0 Å². The lowest BCUT2D eigenvalue weighted by Gasteiger charge is -2.02. The summed E-state index contributed by atoms with van der Waals surface area (Å²) >= 11 is 0. The number of carboxylic acids is 2. The number of aromatic nitrogens is 2. The first-order chi connectivity index (χ1) is 14.5. The molecule has 0 atom stereocenters. The molecule has 0 bridgehead atoms. The van der Waals surface area contributed by atoms with Gasteiger partial charge in [-0.2, -0.15) is 9.13 Å². The Morgan fingerprint density at radius 1 is 0.500 bits per heavy atom.